The summed E-state index contributed by atoms with van der Waals surface area (Å²) in [6.45, 7) is 5.04. The lowest BCUT2D eigenvalue weighted by atomic mass is 10.1. The molecule has 1 fully saturated rings. The Hall–Kier alpha value is -1.13. The fourth-order valence-corrected chi connectivity index (χ4v) is 2.99. The summed E-state index contributed by atoms with van der Waals surface area (Å²) in [5, 5.41) is 0. The summed E-state index contributed by atoms with van der Waals surface area (Å²) in [4.78, 5) is 9.13. The van der Waals surface area contributed by atoms with Gasteiger partial charge in [0.15, 0.2) is 5.65 Å². The number of halogens is 1. The van der Waals surface area contributed by atoms with Gasteiger partial charge in [0, 0.05) is 12.8 Å². The van der Waals surface area contributed by atoms with Crippen molar-refractivity contribution < 1.29 is 4.74 Å². The van der Waals surface area contributed by atoms with Crippen LogP contribution in [0.25, 0.3) is 11.2 Å². The van der Waals surface area contributed by atoms with Gasteiger partial charge in [-0.05, 0) is 38.3 Å². The van der Waals surface area contributed by atoms with E-state index in [0.717, 1.165) is 42.0 Å². The van der Waals surface area contributed by atoms with Crippen LogP contribution in [0.1, 0.15) is 37.2 Å². The second-order valence-corrected chi connectivity index (χ2v) is 5.45. The molecule has 3 heterocycles. The Bertz CT molecular complexity index is 590. The molecule has 1 aliphatic rings. The Kier molecular flexibility index (Phi) is 3.46. The first-order chi connectivity index (χ1) is 9.20. The lowest BCUT2D eigenvalue weighted by molar-refractivity contribution is 0.0736. The summed E-state index contributed by atoms with van der Waals surface area (Å²) in [7, 11) is 0. The molecule has 2 unspecified atom stereocenters. The molecule has 0 bridgehead atoms. The SMILES string of the molecule is Cc1cnc2c(c1)nc(CCl)n2C(C)C1CCCO1. The Balaban J connectivity index is 2.09. The third kappa shape index (κ3) is 2.23. The van der Waals surface area contributed by atoms with Crippen LogP contribution in [-0.4, -0.2) is 27.2 Å². The topological polar surface area (TPSA) is 39.9 Å². The zero-order chi connectivity index (χ0) is 13.4. The van der Waals surface area contributed by atoms with Crippen molar-refractivity contribution in [2.45, 2.75) is 44.7 Å². The minimum atomic E-state index is 0.219. The maximum Gasteiger partial charge on any atom is 0.160 e. The van der Waals surface area contributed by atoms with Crippen LogP contribution in [0.5, 0.6) is 0 Å². The normalized spacial score (nSPS) is 21.1. The van der Waals surface area contributed by atoms with E-state index in [1.807, 2.05) is 13.1 Å². The minimum Gasteiger partial charge on any atom is -0.376 e. The predicted molar refractivity (Wildman–Crippen MR) is 75.5 cm³/mol. The van der Waals surface area contributed by atoms with Crippen LogP contribution in [-0.2, 0) is 10.6 Å². The first-order valence-corrected chi connectivity index (χ1v) is 7.25. The van der Waals surface area contributed by atoms with E-state index in [1.165, 1.54) is 0 Å². The molecule has 0 aromatic carbocycles. The monoisotopic (exact) mass is 279 g/mol. The number of hydrogen-bond acceptors (Lipinski definition) is 3. The number of fused-ring (bicyclic) bond motifs is 1. The number of nitrogens with zero attached hydrogens (tertiary/aromatic N) is 3. The van der Waals surface area contributed by atoms with E-state index >= 15 is 0 Å². The van der Waals surface area contributed by atoms with Crippen LogP contribution in [0.4, 0.5) is 0 Å². The molecule has 5 heteroatoms. The van der Waals surface area contributed by atoms with Gasteiger partial charge in [0.1, 0.15) is 11.3 Å². The number of hydrogen-bond donors (Lipinski definition) is 0. The first-order valence-electron chi connectivity index (χ1n) is 6.71. The molecule has 0 N–H and O–H groups in total. The van der Waals surface area contributed by atoms with E-state index < -0.39 is 0 Å². The molecule has 0 amide bonds. The molecule has 1 saturated heterocycles. The molecular weight excluding hydrogens is 262 g/mol. The lowest BCUT2D eigenvalue weighted by Gasteiger charge is -2.22. The van der Waals surface area contributed by atoms with Crippen LogP contribution in [0.15, 0.2) is 12.3 Å². The lowest BCUT2D eigenvalue weighted by Crippen LogP contribution is -2.22. The van der Waals surface area contributed by atoms with Crippen molar-refractivity contribution in [3.05, 3.63) is 23.7 Å². The summed E-state index contributed by atoms with van der Waals surface area (Å²) in [5.41, 5.74) is 2.94. The van der Waals surface area contributed by atoms with Crippen molar-refractivity contribution in [1.82, 2.24) is 14.5 Å². The summed E-state index contributed by atoms with van der Waals surface area (Å²) < 4.78 is 7.93. The van der Waals surface area contributed by atoms with Gasteiger partial charge in [-0.1, -0.05) is 0 Å². The van der Waals surface area contributed by atoms with E-state index in [-0.39, 0.29) is 12.1 Å². The average molecular weight is 280 g/mol. The van der Waals surface area contributed by atoms with Crippen LogP contribution >= 0.6 is 11.6 Å². The Morgan fingerprint density at radius 1 is 1.58 bits per heavy atom. The van der Waals surface area contributed by atoms with Crippen LogP contribution < -0.4 is 0 Å². The predicted octanol–water partition coefficient (Wildman–Crippen LogP) is 3.22. The highest BCUT2D eigenvalue weighted by molar-refractivity contribution is 6.16. The summed E-state index contributed by atoms with van der Waals surface area (Å²) in [5.74, 6) is 1.27. The zero-order valence-electron chi connectivity index (χ0n) is 11.3. The highest BCUT2D eigenvalue weighted by Gasteiger charge is 2.27. The molecule has 19 heavy (non-hydrogen) atoms. The second kappa shape index (κ2) is 5.10. The molecule has 0 radical (unpaired) electrons. The minimum absolute atomic E-state index is 0.219. The second-order valence-electron chi connectivity index (χ2n) is 5.18. The van der Waals surface area contributed by atoms with Crippen LogP contribution in [0, 0.1) is 6.92 Å². The molecule has 0 spiro atoms. The van der Waals surface area contributed by atoms with Crippen LogP contribution in [0.2, 0.25) is 0 Å². The van der Waals surface area contributed by atoms with E-state index in [9.17, 15) is 0 Å². The van der Waals surface area contributed by atoms with Gasteiger partial charge in [0.05, 0.1) is 18.0 Å². The number of aryl methyl sites for hydroxylation is 1. The Morgan fingerprint density at radius 2 is 2.42 bits per heavy atom. The van der Waals surface area contributed by atoms with Gasteiger partial charge in [-0.25, -0.2) is 9.97 Å². The molecule has 0 aliphatic carbocycles. The summed E-state index contributed by atoms with van der Waals surface area (Å²) >= 11 is 6.04. The zero-order valence-corrected chi connectivity index (χ0v) is 12.0. The molecular formula is C14H18ClN3O. The first kappa shape index (κ1) is 12.9. The molecule has 4 nitrogen and oxygen atoms in total. The number of imidazole rings is 1. The fourth-order valence-electron chi connectivity index (χ4n) is 2.80. The molecule has 1 aliphatic heterocycles. The van der Waals surface area contributed by atoms with Crippen molar-refractivity contribution in [1.29, 1.82) is 0 Å². The van der Waals surface area contributed by atoms with E-state index in [4.69, 9.17) is 16.3 Å². The molecule has 3 rings (SSSR count). The van der Waals surface area contributed by atoms with Gasteiger partial charge in [0.2, 0.25) is 0 Å². The molecule has 2 atom stereocenters. The van der Waals surface area contributed by atoms with E-state index in [1.54, 1.807) is 0 Å². The van der Waals surface area contributed by atoms with Crippen molar-refractivity contribution in [2.24, 2.45) is 0 Å². The van der Waals surface area contributed by atoms with Crippen LogP contribution in [0.3, 0.4) is 0 Å². The maximum absolute atomic E-state index is 6.04. The number of aromatic nitrogens is 3. The third-order valence-corrected chi connectivity index (χ3v) is 4.01. The number of alkyl halides is 1. The maximum atomic E-state index is 6.04. The average Bonchev–Trinajstić information content (AvgIpc) is 3.04. The molecule has 0 saturated carbocycles. The molecule has 2 aromatic rings. The van der Waals surface area contributed by atoms with Gasteiger partial charge in [-0.3, -0.25) is 0 Å². The summed E-state index contributed by atoms with van der Waals surface area (Å²) in [6.07, 6.45) is 4.34. The van der Waals surface area contributed by atoms with Gasteiger partial charge in [-0.15, -0.1) is 11.6 Å². The highest BCUT2D eigenvalue weighted by Crippen LogP contribution is 2.29. The standard InChI is InChI=1S/C14H18ClN3O/c1-9-6-11-14(16-8-9)18(13(7-15)17-11)10(2)12-4-3-5-19-12/h6,8,10,12H,3-5,7H2,1-2H3. The van der Waals surface area contributed by atoms with Crippen molar-refractivity contribution >= 4 is 22.8 Å². The van der Waals surface area contributed by atoms with E-state index in [0.29, 0.717) is 5.88 Å². The van der Waals surface area contributed by atoms with E-state index in [2.05, 4.69) is 27.5 Å². The fraction of sp³-hybridized carbons (Fsp3) is 0.571. The molecule has 2 aromatic heterocycles. The molecule has 102 valence electrons. The number of ether oxygens (including phenoxy) is 1. The summed E-state index contributed by atoms with van der Waals surface area (Å²) in [6, 6.07) is 2.27. The quantitative estimate of drug-likeness (QED) is 0.810. The largest absolute Gasteiger partial charge is 0.376 e. The Morgan fingerprint density at radius 3 is 3.11 bits per heavy atom. The number of pyridine rings is 1. The highest BCUT2D eigenvalue weighted by atomic mass is 35.5. The number of rotatable bonds is 3. The smallest absolute Gasteiger partial charge is 0.160 e. The van der Waals surface area contributed by atoms with Gasteiger partial charge in [-0.2, -0.15) is 0 Å². The van der Waals surface area contributed by atoms with Crippen molar-refractivity contribution in [3.8, 4) is 0 Å². The van der Waals surface area contributed by atoms with Gasteiger partial charge >= 0.3 is 0 Å². The van der Waals surface area contributed by atoms with Crippen molar-refractivity contribution in [3.63, 3.8) is 0 Å². The van der Waals surface area contributed by atoms with Gasteiger partial charge < -0.3 is 9.30 Å². The van der Waals surface area contributed by atoms with Crippen molar-refractivity contribution in [2.75, 3.05) is 6.61 Å². The van der Waals surface area contributed by atoms with Gasteiger partial charge in [0.25, 0.3) is 0 Å². The third-order valence-electron chi connectivity index (χ3n) is 3.77. The Labute approximate surface area is 117 Å².